The third-order valence-corrected chi connectivity index (χ3v) is 23.4. The summed E-state index contributed by atoms with van der Waals surface area (Å²) in [6.07, 6.45) is -38.1. The molecule has 4 unspecified atom stereocenters. The average molecular weight is 1320 g/mol. The minimum Gasteiger partial charge on any atom is -0.479 e. The number of aliphatic hydroxyl groups excluding tert-OH is 14. The number of aliphatic hydroxyl groups is 14. The Morgan fingerprint density at radius 3 is 1.74 bits per heavy atom. The van der Waals surface area contributed by atoms with Gasteiger partial charge in [0.1, 0.15) is 97.8 Å². The Hall–Kier alpha value is -3.58. The van der Waals surface area contributed by atoms with Crippen molar-refractivity contribution in [3.63, 3.8) is 0 Å². The molecule has 32 atom stereocenters. The number of rotatable bonds is 17. The fraction of sp³-hybridized carbons (Fsp3) is 0.841. The maximum absolute atomic E-state index is 14.1. The highest BCUT2D eigenvalue weighted by Gasteiger charge is 2.77. The van der Waals surface area contributed by atoms with Crippen LogP contribution in [-0.4, -0.2) is 274 Å². The van der Waals surface area contributed by atoms with Gasteiger partial charge in [0.15, 0.2) is 37.4 Å². The molecule has 4 saturated heterocycles. The van der Waals surface area contributed by atoms with Crippen LogP contribution >= 0.6 is 0 Å². The van der Waals surface area contributed by atoms with Gasteiger partial charge in [0.2, 0.25) is 0 Å². The maximum atomic E-state index is 14.1. The summed E-state index contributed by atoms with van der Waals surface area (Å²) >= 11 is 0. The summed E-state index contributed by atoms with van der Waals surface area (Å²) in [5, 5.41) is 169. The van der Waals surface area contributed by atoms with Gasteiger partial charge in [-0.25, -0.2) is 14.4 Å². The highest BCUT2D eigenvalue weighted by atomic mass is 16.8. The molecule has 0 aromatic rings. The smallest absolute Gasteiger partial charge is 0.335 e. The fourth-order valence-corrected chi connectivity index (χ4v) is 17.5. The van der Waals surface area contributed by atoms with Crippen molar-refractivity contribution >= 4 is 24.2 Å². The Morgan fingerprint density at radius 2 is 1.16 bits per heavy atom. The van der Waals surface area contributed by atoms with Crippen molar-refractivity contribution in [2.45, 2.75) is 255 Å². The Kier molecular flexibility index (Phi) is 21.4. The molecule has 9 rings (SSSR count). The molecule has 29 nitrogen and oxygen atoms in total. The zero-order valence-electron chi connectivity index (χ0n) is 53.4. The van der Waals surface area contributed by atoms with E-state index in [2.05, 4.69) is 6.92 Å². The third-order valence-electron chi connectivity index (χ3n) is 23.4. The van der Waals surface area contributed by atoms with Crippen LogP contribution in [-0.2, 0) is 66.5 Å². The molecule has 15 N–H and O–H groups in total. The van der Waals surface area contributed by atoms with Gasteiger partial charge < -0.3 is 129 Å². The molecule has 4 saturated carbocycles. The lowest BCUT2D eigenvalue weighted by molar-refractivity contribution is -0.399. The number of aldehydes is 1. The molecule has 0 radical (unpaired) electrons. The number of aliphatic carboxylic acids is 1. The van der Waals surface area contributed by atoms with Gasteiger partial charge in [-0.15, -0.1) is 0 Å². The minimum absolute atomic E-state index is 0.0458. The molecule has 9 aliphatic rings. The van der Waals surface area contributed by atoms with Gasteiger partial charge in [0.05, 0.1) is 55.6 Å². The van der Waals surface area contributed by atoms with Gasteiger partial charge in [-0.2, -0.15) is 0 Å². The molecule has 0 spiro atoms. The Balaban J connectivity index is 1.04. The van der Waals surface area contributed by atoms with Crippen LogP contribution in [0.2, 0.25) is 0 Å². The number of allylic oxidation sites excluding steroid dienone is 3. The maximum Gasteiger partial charge on any atom is 0.335 e. The van der Waals surface area contributed by atoms with E-state index in [1.54, 1.807) is 46.8 Å². The van der Waals surface area contributed by atoms with E-state index in [0.29, 0.717) is 25.7 Å². The lowest BCUT2D eigenvalue weighted by Crippen LogP contribution is -2.76. The summed E-state index contributed by atoms with van der Waals surface area (Å²) in [5.74, 6) is -4.96. The van der Waals surface area contributed by atoms with Crippen molar-refractivity contribution in [1.82, 2.24) is 0 Å². The van der Waals surface area contributed by atoms with Crippen molar-refractivity contribution in [3.8, 4) is 0 Å². The van der Waals surface area contributed by atoms with Crippen molar-refractivity contribution in [2.24, 2.45) is 50.2 Å². The topological polar surface area (TPSA) is 464 Å². The van der Waals surface area contributed by atoms with Crippen LogP contribution in [0.3, 0.4) is 0 Å². The third kappa shape index (κ3) is 11.7. The number of hydrogen-bond donors (Lipinski definition) is 15. The van der Waals surface area contributed by atoms with Crippen LogP contribution in [0.5, 0.6) is 0 Å². The summed E-state index contributed by atoms with van der Waals surface area (Å²) in [6.45, 7) is 14.5. The van der Waals surface area contributed by atoms with E-state index in [1.165, 1.54) is 0 Å². The first-order valence-corrected chi connectivity index (χ1v) is 31.7. The van der Waals surface area contributed by atoms with E-state index in [1.807, 2.05) is 33.8 Å². The Labute approximate surface area is 532 Å². The van der Waals surface area contributed by atoms with E-state index < -0.39 is 236 Å². The largest absolute Gasteiger partial charge is 0.479 e. The Morgan fingerprint density at radius 1 is 0.609 bits per heavy atom. The summed E-state index contributed by atoms with van der Waals surface area (Å²) in [4.78, 5) is 55.3. The molecule has 522 valence electrons. The first-order valence-electron chi connectivity index (χ1n) is 31.7. The van der Waals surface area contributed by atoms with Gasteiger partial charge in [0, 0.05) is 22.0 Å². The number of carboxylic acid groups (broad SMARTS) is 1. The first-order chi connectivity index (χ1) is 43.1. The molecular weight excluding hydrogens is 1220 g/mol. The molecular formula is C63H96O29. The normalized spacial score (nSPS) is 50.4. The molecule has 8 fully saturated rings. The number of carbonyl (C=O) groups excluding carboxylic acids is 3. The second kappa shape index (κ2) is 27.0. The number of fused-ring (bicyclic) bond motifs is 7. The predicted octanol–water partition coefficient (Wildman–Crippen LogP) is -2.73. The zero-order chi connectivity index (χ0) is 68.0. The summed E-state index contributed by atoms with van der Waals surface area (Å²) < 4.78 is 60.2. The van der Waals surface area contributed by atoms with Crippen LogP contribution < -0.4 is 0 Å². The van der Waals surface area contributed by atoms with Crippen LogP contribution in [0.25, 0.3) is 0 Å². The molecule has 5 aliphatic carbocycles. The minimum atomic E-state index is -2.34. The van der Waals surface area contributed by atoms with Crippen LogP contribution in [0.1, 0.15) is 108 Å². The van der Waals surface area contributed by atoms with Crippen molar-refractivity contribution < 1.29 is 143 Å². The van der Waals surface area contributed by atoms with E-state index in [-0.39, 0.29) is 29.9 Å². The molecule has 4 aliphatic heterocycles. The second-order valence-corrected chi connectivity index (χ2v) is 28.5. The van der Waals surface area contributed by atoms with Crippen molar-refractivity contribution in [3.05, 3.63) is 34.9 Å². The van der Waals surface area contributed by atoms with Gasteiger partial charge in [-0.05, 0) is 94.8 Å². The monoisotopic (exact) mass is 1320 g/mol. The van der Waals surface area contributed by atoms with E-state index in [4.69, 9.17) is 47.4 Å². The summed E-state index contributed by atoms with van der Waals surface area (Å²) in [5.41, 5.74) is -5.96. The van der Waals surface area contributed by atoms with E-state index in [9.17, 15) is 95.8 Å². The Bertz CT molecular complexity index is 2780. The standard InChI is InChI=1S/C63H96O29/c1-11-25(3)52(81)91-49-50(92-53(82)26(4)12-2)63(24-67)28(19-58(49,5)6)27-13-14-33-59(7)17-16-34(60(8,23-66)32(59)15-18-61(33,9)62(27,10)47(77)48(63)78)86-56-42(76)43(87-55-41(75)38(72)36(70)30(20-64)84-55)45(46(90-56)51(79)80)89-57-44(39(73)37(71)31(21-65)85-57)88-54-40(74)35(69)29(68)22-83-54/h11-13,23,28-50,54-57,64-65,67-78H,14-22,24H2,1-10H3,(H,79,80)/b25-11-,26-12-/t28?,29-,30-,31-,32?,33?,34+,35-,36+,37+,38-,39+,40-,41-,42-,43-,44-,45+,46+,47+,48-,49+,50+,54+,55+,56-,57-,59+,60?,61-,62+,63+/m1/s1. The number of carbonyl (C=O) groups is 4. The van der Waals surface area contributed by atoms with Gasteiger partial charge in [-0.1, -0.05) is 65.3 Å². The molecule has 92 heavy (non-hydrogen) atoms. The highest BCUT2D eigenvalue weighted by Crippen LogP contribution is 2.76. The number of carboxylic acids is 1. The van der Waals surface area contributed by atoms with Gasteiger partial charge in [0.25, 0.3) is 0 Å². The summed E-state index contributed by atoms with van der Waals surface area (Å²) in [7, 11) is 0. The first kappa shape index (κ1) is 72.7. The second-order valence-electron chi connectivity index (χ2n) is 28.5. The van der Waals surface area contributed by atoms with Crippen LogP contribution in [0, 0.1) is 50.2 Å². The molecule has 4 heterocycles. The van der Waals surface area contributed by atoms with E-state index >= 15 is 0 Å². The average Bonchev–Trinajstić information content (AvgIpc) is 0.663. The van der Waals surface area contributed by atoms with Crippen molar-refractivity contribution in [2.75, 3.05) is 26.4 Å². The van der Waals surface area contributed by atoms with Crippen LogP contribution in [0.4, 0.5) is 0 Å². The molecule has 0 aromatic carbocycles. The van der Waals surface area contributed by atoms with E-state index in [0.717, 1.165) is 11.9 Å². The van der Waals surface area contributed by atoms with Gasteiger partial charge in [-0.3, -0.25) is 0 Å². The molecule has 0 amide bonds. The summed E-state index contributed by atoms with van der Waals surface area (Å²) in [6, 6.07) is 0. The number of ether oxygens (including phenoxy) is 10. The van der Waals surface area contributed by atoms with Crippen LogP contribution in [0.15, 0.2) is 34.9 Å². The van der Waals surface area contributed by atoms with Crippen molar-refractivity contribution in [1.29, 1.82) is 0 Å². The molecule has 0 aromatic heterocycles. The SMILES string of the molecule is C/C=C(/C)C(=O)O[C@H]1[C@H](OC(=O)/C(C)=C\C)[C@@]2(CO)C(CC1(C)C)C1=CCC3[C@@]4(C)CC[C@H](O[C@@H]5O[C@H](C(=O)O)[C@@H](O[C@H]6O[C@H](CO)[C@H](O)[C@H](O)[C@H]6O[C@@H]6OC[C@@H](O)[C@@H](O)[C@H]6O)[C@H](O[C@@H]6O[C@H](CO)[C@H](O)[C@@H](O)[C@H]6O)[C@H]5O)C(C)(C=O)C4CC[C@@]3(C)[C@]1(C)[C@@H](O)[C@H]2O. The highest BCUT2D eigenvalue weighted by molar-refractivity contribution is 5.89. The zero-order valence-corrected chi connectivity index (χ0v) is 53.4. The molecule has 0 bridgehead atoms. The lowest BCUT2D eigenvalue weighted by atomic mass is 9.32. The molecule has 29 heteroatoms. The number of hydrogen-bond acceptors (Lipinski definition) is 28. The quantitative estimate of drug-likeness (QED) is 0.0231. The number of esters is 2. The van der Waals surface area contributed by atoms with Gasteiger partial charge >= 0.3 is 17.9 Å². The predicted molar refractivity (Wildman–Crippen MR) is 310 cm³/mol. The fourth-order valence-electron chi connectivity index (χ4n) is 17.5. The lowest BCUT2D eigenvalue weighted by Gasteiger charge is -2.73.